The molecule has 2 N–H and O–H groups in total. The zero-order chi connectivity index (χ0) is 18.0. The van der Waals surface area contributed by atoms with Crippen LogP contribution in [0.3, 0.4) is 0 Å². The summed E-state index contributed by atoms with van der Waals surface area (Å²) in [4.78, 5) is 0. The summed E-state index contributed by atoms with van der Waals surface area (Å²) >= 11 is 0. The predicted octanol–water partition coefficient (Wildman–Crippen LogP) is 6.33. The van der Waals surface area contributed by atoms with Gasteiger partial charge in [-0.3, -0.25) is 0 Å². The Morgan fingerprint density at radius 2 is 1.88 bits per heavy atom. The van der Waals surface area contributed by atoms with Gasteiger partial charge in [0.1, 0.15) is 0 Å². The van der Waals surface area contributed by atoms with Gasteiger partial charge in [-0.05, 0) is 61.5 Å². The number of benzene rings is 1. The molecule has 3 rings (SSSR count). The molecule has 25 heavy (non-hydrogen) atoms. The summed E-state index contributed by atoms with van der Waals surface area (Å²) < 4.78 is 0. The van der Waals surface area contributed by atoms with Gasteiger partial charge in [-0.25, -0.2) is 0 Å². The molecule has 0 aromatic heterocycles. The fourth-order valence-electron chi connectivity index (χ4n) is 4.15. The number of hydrogen-bond acceptors (Lipinski definition) is 1. The first-order valence-electron chi connectivity index (χ1n) is 9.30. The van der Waals surface area contributed by atoms with Crippen molar-refractivity contribution in [1.29, 1.82) is 0 Å². The lowest BCUT2D eigenvalue weighted by atomic mass is 9.64. The summed E-state index contributed by atoms with van der Waals surface area (Å²) in [7, 11) is 0. The van der Waals surface area contributed by atoms with E-state index in [2.05, 4.69) is 82.3 Å². The van der Waals surface area contributed by atoms with Crippen molar-refractivity contribution in [2.75, 3.05) is 0 Å². The molecule has 0 saturated carbocycles. The van der Waals surface area contributed by atoms with Crippen LogP contribution in [0.1, 0.15) is 52.5 Å². The molecule has 1 heteroatoms. The Labute approximate surface area is 152 Å². The quantitative estimate of drug-likeness (QED) is 0.686. The van der Waals surface area contributed by atoms with Crippen molar-refractivity contribution < 1.29 is 0 Å². The van der Waals surface area contributed by atoms with Crippen LogP contribution in [0, 0.1) is 5.41 Å². The Morgan fingerprint density at radius 3 is 2.48 bits per heavy atom. The predicted molar refractivity (Wildman–Crippen MR) is 109 cm³/mol. The van der Waals surface area contributed by atoms with Crippen LogP contribution < -0.4 is 5.73 Å². The van der Waals surface area contributed by atoms with Gasteiger partial charge in [-0.15, -0.1) is 0 Å². The minimum atomic E-state index is -0.132. The lowest BCUT2D eigenvalue weighted by Crippen LogP contribution is -2.30. The SMILES string of the molecule is CCCC(=C1C=C(C)C(N)=C(C)C1(C)C1=CC=CC1)c1ccccc1. The fraction of sp³-hybridized carbons (Fsp3) is 0.333. The normalized spacial score (nSPS) is 25.1. The smallest absolute Gasteiger partial charge is 0.0371 e. The summed E-state index contributed by atoms with van der Waals surface area (Å²) in [6.07, 6.45) is 12.2. The van der Waals surface area contributed by atoms with E-state index in [1.54, 1.807) is 0 Å². The second-order valence-electron chi connectivity index (χ2n) is 7.32. The first-order chi connectivity index (χ1) is 12.0. The molecule has 0 saturated heterocycles. The average Bonchev–Trinajstić information content (AvgIpc) is 3.17. The minimum Gasteiger partial charge on any atom is -0.399 e. The van der Waals surface area contributed by atoms with Crippen LogP contribution in [0.4, 0.5) is 0 Å². The van der Waals surface area contributed by atoms with Crippen LogP contribution in [-0.4, -0.2) is 0 Å². The van der Waals surface area contributed by atoms with E-state index in [0.29, 0.717) is 0 Å². The molecule has 1 aromatic rings. The van der Waals surface area contributed by atoms with E-state index in [-0.39, 0.29) is 5.41 Å². The van der Waals surface area contributed by atoms with Crippen LogP contribution in [0.5, 0.6) is 0 Å². The summed E-state index contributed by atoms with van der Waals surface area (Å²) in [6.45, 7) is 8.95. The maximum atomic E-state index is 6.48. The third kappa shape index (κ3) is 2.93. The van der Waals surface area contributed by atoms with Crippen molar-refractivity contribution in [3.63, 3.8) is 0 Å². The maximum Gasteiger partial charge on any atom is 0.0371 e. The van der Waals surface area contributed by atoms with E-state index >= 15 is 0 Å². The zero-order valence-corrected chi connectivity index (χ0v) is 15.9. The van der Waals surface area contributed by atoms with Crippen molar-refractivity contribution >= 4 is 5.57 Å². The van der Waals surface area contributed by atoms with Gasteiger partial charge in [0.25, 0.3) is 0 Å². The Bertz CT molecular complexity index is 815. The lowest BCUT2D eigenvalue weighted by Gasteiger charge is -2.40. The molecule has 0 amide bonds. The van der Waals surface area contributed by atoms with Gasteiger partial charge in [0.2, 0.25) is 0 Å². The molecule has 1 aromatic carbocycles. The van der Waals surface area contributed by atoms with Gasteiger partial charge in [-0.2, -0.15) is 0 Å². The van der Waals surface area contributed by atoms with Crippen molar-refractivity contribution in [1.82, 2.24) is 0 Å². The van der Waals surface area contributed by atoms with Crippen LogP contribution in [0.2, 0.25) is 0 Å². The van der Waals surface area contributed by atoms with Gasteiger partial charge < -0.3 is 5.73 Å². The highest BCUT2D eigenvalue weighted by molar-refractivity contribution is 5.76. The Hall–Kier alpha value is -2.28. The summed E-state index contributed by atoms with van der Waals surface area (Å²) in [5.41, 5.74) is 15.4. The Morgan fingerprint density at radius 1 is 1.16 bits per heavy atom. The maximum absolute atomic E-state index is 6.48. The summed E-state index contributed by atoms with van der Waals surface area (Å²) in [5.74, 6) is 0. The molecule has 2 aliphatic carbocycles. The molecule has 0 aliphatic heterocycles. The zero-order valence-electron chi connectivity index (χ0n) is 15.9. The summed E-state index contributed by atoms with van der Waals surface area (Å²) in [6, 6.07) is 10.8. The summed E-state index contributed by atoms with van der Waals surface area (Å²) in [5, 5.41) is 0. The molecular formula is C24H29N. The van der Waals surface area contributed by atoms with Crippen molar-refractivity contribution in [3.8, 4) is 0 Å². The fourth-order valence-corrected chi connectivity index (χ4v) is 4.15. The van der Waals surface area contributed by atoms with E-state index in [1.165, 1.54) is 33.4 Å². The lowest BCUT2D eigenvalue weighted by molar-refractivity contribution is 0.562. The molecule has 1 nitrogen and oxygen atoms in total. The minimum absolute atomic E-state index is 0.132. The molecule has 130 valence electrons. The monoisotopic (exact) mass is 331 g/mol. The number of hydrogen-bond donors (Lipinski definition) is 1. The first-order valence-corrected chi connectivity index (χ1v) is 9.30. The van der Waals surface area contributed by atoms with Gasteiger partial charge in [0, 0.05) is 11.1 Å². The highest BCUT2D eigenvalue weighted by atomic mass is 14.6. The molecule has 0 fully saturated rings. The van der Waals surface area contributed by atoms with E-state index in [4.69, 9.17) is 5.73 Å². The van der Waals surface area contributed by atoms with Crippen molar-refractivity contribution in [3.05, 3.63) is 88.2 Å². The van der Waals surface area contributed by atoms with Gasteiger partial charge in [-0.1, -0.05) is 73.6 Å². The van der Waals surface area contributed by atoms with Crippen LogP contribution >= 0.6 is 0 Å². The second kappa shape index (κ2) is 6.92. The average molecular weight is 332 g/mol. The van der Waals surface area contributed by atoms with E-state index in [0.717, 1.165) is 25.0 Å². The molecule has 0 bridgehead atoms. The number of rotatable bonds is 4. The highest BCUT2D eigenvalue weighted by Gasteiger charge is 2.39. The molecule has 0 radical (unpaired) electrons. The Kier molecular flexibility index (Phi) is 4.85. The molecule has 2 aliphatic rings. The van der Waals surface area contributed by atoms with Gasteiger partial charge in [0.05, 0.1) is 0 Å². The van der Waals surface area contributed by atoms with Crippen molar-refractivity contribution in [2.24, 2.45) is 11.1 Å². The number of allylic oxidation sites excluding steroid dienone is 9. The van der Waals surface area contributed by atoms with Crippen LogP contribution in [0.15, 0.2) is 82.6 Å². The largest absolute Gasteiger partial charge is 0.399 e. The molecule has 1 unspecified atom stereocenters. The molecule has 1 atom stereocenters. The van der Waals surface area contributed by atoms with Gasteiger partial charge >= 0.3 is 0 Å². The van der Waals surface area contributed by atoms with Gasteiger partial charge in [0.15, 0.2) is 0 Å². The number of nitrogens with two attached hydrogens (primary N) is 1. The molecule has 0 spiro atoms. The second-order valence-corrected chi connectivity index (χ2v) is 7.32. The molecule has 0 heterocycles. The van der Waals surface area contributed by atoms with E-state index in [9.17, 15) is 0 Å². The van der Waals surface area contributed by atoms with Crippen LogP contribution in [0.25, 0.3) is 5.57 Å². The topological polar surface area (TPSA) is 26.0 Å². The molecular weight excluding hydrogens is 302 g/mol. The first kappa shape index (κ1) is 17.5. The van der Waals surface area contributed by atoms with E-state index < -0.39 is 0 Å². The third-order valence-electron chi connectivity index (χ3n) is 5.84. The highest BCUT2D eigenvalue weighted by Crippen LogP contribution is 2.52. The standard InChI is InChI=1S/C24H29N/c1-5-11-21(19-12-7-6-8-13-19)22-16-17(2)23(25)18(3)24(22,4)20-14-9-10-15-20/h6-10,12-14,16H,5,11,15,25H2,1-4H3. The van der Waals surface area contributed by atoms with Crippen LogP contribution in [-0.2, 0) is 0 Å². The Balaban J connectivity index is 2.29. The van der Waals surface area contributed by atoms with E-state index in [1.807, 2.05) is 0 Å². The van der Waals surface area contributed by atoms with Crippen molar-refractivity contribution in [2.45, 2.75) is 47.0 Å². The third-order valence-corrected chi connectivity index (χ3v) is 5.84.